The molecule has 3 heteroatoms. The van der Waals surface area contributed by atoms with Gasteiger partial charge in [-0.05, 0) is 278 Å². The largest absolute Gasteiger partial charge is 0.456 e. The molecule has 654 valence electrons. The second-order valence-electron chi connectivity index (χ2n) is 31.8. The first-order valence-corrected chi connectivity index (χ1v) is 42.8. The number of hydrogen-bond donors (Lipinski definition) is 0. The smallest absolute Gasteiger partial charge is 0.136 e. The van der Waals surface area contributed by atoms with Gasteiger partial charge in [0.05, 0.1) is 97.3 Å². The maximum absolute atomic E-state index is 9.71. The molecule has 0 bridgehead atoms. The second kappa shape index (κ2) is 33.2. The molecule has 30 rings (SSSR count). The van der Waals surface area contributed by atoms with Crippen LogP contribution in [0.1, 0.15) is 97.3 Å². The van der Waals surface area contributed by atoms with Gasteiger partial charge < -0.3 is 13.3 Å². The highest BCUT2D eigenvalue weighted by atomic mass is 16.3. The van der Waals surface area contributed by atoms with E-state index in [2.05, 4.69) is 0 Å². The lowest BCUT2D eigenvalue weighted by Gasteiger charge is -2.19. The Kier molecular flexibility index (Phi) is 8.75. The van der Waals surface area contributed by atoms with Crippen LogP contribution in [0, 0.1) is 0 Å². The van der Waals surface area contributed by atoms with Crippen LogP contribution in [-0.2, 0) is 0 Å². The quantitative estimate of drug-likeness (QED) is 0.135. The molecule has 27 aromatic carbocycles. The minimum atomic E-state index is -1.11. The molecular weight excluding hydrogens is 1710 g/mol. The number of fused-ring (bicyclic) bond motifs is 24. The number of benzene rings is 27. The van der Waals surface area contributed by atoms with Gasteiger partial charge in [-0.3, -0.25) is 0 Å². The number of furan rings is 3. The summed E-state index contributed by atoms with van der Waals surface area (Å²) in [6, 6.07) is -37.0. The summed E-state index contributed by atoms with van der Waals surface area (Å²) in [5.41, 5.74) is -9.11. The Balaban J connectivity index is 0.000000140. The molecule has 3 nitrogen and oxygen atoms in total. The third-order valence-electron chi connectivity index (χ3n) is 24.3. The van der Waals surface area contributed by atoms with Crippen molar-refractivity contribution in [3.8, 4) is 100 Å². The molecule has 0 unspecified atom stereocenters. The van der Waals surface area contributed by atoms with Gasteiger partial charge in [-0.1, -0.05) is 459 Å². The van der Waals surface area contributed by atoms with E-state index in [-0.39, 0.29) is 32.7 Å². The fraction of sp³-hybridized carbons (Fsp3) is 0. The Morgan fingerprint density at radius 3 is 0.879 bits per heavy atom. The maximum Gasteiger partial charge on any atom is 0.136 e. The molecule has 141 heavy (non-hydrogen) atoms. The van der Waals surface area contributed by atoms with Crippen LogP contribution in [0.15, 0.2) is 521 Å². The highest BCUT2D eigenvalue weighted by Crippen LogP contribution is 2.53. The van der Waals surface area contributed by atoms with Crippen molar-refractivity contribution in [2.24, 2.45) is 0 Å². The molecule has 0 radical (unpaired) electrons. The lowest BCUT2D eigenvalue weighted by molar-refractivity contribution is 0.669. The van der Waals surface area contributed by atoms with Crippen LogP contribution in [0.4, 0.5) is 0 Å². The molecule has 0 N–H and O–H groups in total. The maximum atomic E-state index is 9.71. The molecule has 0 aliphatic heterocycles. The lowest BCUT2D eigenvalue weighted by atomic mass is 9.84. The van der Waals surface area contributed by atoms with E-state index in [1.165, 1.54) is 0 Å². The third-order valence-corrected chi connectivity index (χ3v) is 24.3. The topological polar surface area (TPSA) is 39.4 Å². The van der Waals surface area contributed by atoms with Crippen LogP contribution in [0.25, 0.3) is 295 Å². The summed E-state index contributed by atoms with van der Waals surface area (Å²) in [4.78, 5) is 0. The van der Waals surface area contributed by atoms with E-state index >= 15 is 0 Å². The highest BCUT2D eigenvalue weighted by Gasteiger charge is 2.26. The Hall–Kier alpha value is -18.5. The minimum Gasteiger partial charge on any atom is -0.456 e. The standard InChI is InChI=1S/3C46H28O/c1-3-14-33-29(11-1)13-9-21-36(33)44-39-18-7-5-16-37(39)43(38-17-6-8-19-40(38)44)32-25-23-31(24-26-32)35-20-10-22-41-45(35)46-34-15-4-2-12-30(34)27-28-42(46)47-41;2*1-2-12-33-28-34(25-20-29(33)10-1)44-39-16-7-5-14-37(39)43(38-15-6-8-17-40(38)44)32-23-21-31(22-24-32)36-18-9-19-41-45(36)46-35-13-4-3-11-30(35)26-27-42(46)47-41/h3*1-28H/i2*1D,2D,3D,4D,5D,6D,7D,8D,9D,10D,11D,12D,13D,14D,15D,16D,17D,18D,19D,20D,21D,22D,23D,24D,25D,26D,27D,28D;1D,2D,5D,6D,7D,8D,10D,12D,14D,15D,16D,17D,20D,25D,28D. The number of rotatable bonds is 9. The van der Waals surface area contributed by atoms with Gasteiger partial charge in [-0.25, -0.2) is 0 Å². The van der Waals surface area contributed by atoms with E-state index in [1.807, 2.05) is 66.7 Å². The van der Waals surface area contributed by atoms with Crippen molar-refractivity contribution in [3.05, 3.63) is 508 Å². The van der Waals surface area contributed by atoms with Crippen LogP contribution in [0.3, 0.4) is 0 Å². The van der Waals surface area contributed by atoms with Crippen molar-refractivity contribution < 1.29 is 111 Å². The number of hydrogen-bond acceptors (Lipinski definition) is 3. The van der Waals surface area contributed by atoms with E-state index in [0.717, 1.165) is 32.7 Å². The van der Waals surface area contributed by atoms with Crippen molar-refractivity contribution in [2.45, 2.75) is 0 Å². The van der Waals surface area contributed by atoms with Gasteiger partial charge in [-0.2, -0.15) is 0 Å². The van der Waals surface area contributed by atoms with E-state index in [9.17, 15) is 37.0 Å². The Labute approximate surface area is 911 Å². The minimum absolute atomic E-state index is 0.0362. The van der Waals surface area contributed by atoms with Crippen molar-refractivity contribution in [3.63, 3.8) is 0 Å². The van der Waals surface area contributed by atoms with Gasteiger partial charge in [0, 0.05) is 32.3 Å². The summed E-state index contributed by atoms with van der Waals surface area (Å²) in [6.07, 6.45) is 0. The normalized spacial score (nSPS) is 18.9. The predicted molar refractivity (Wildman–Crippen MR) is 600 cm³/mol. The van der Waals surface area contributed by atoms with Crippen LogP contribution in [-0.4, -0.2) is 0 Å². The molecule has 0 amide bonds. The molecule has 0 spiro atoms. The summed E-state index contributed by atoms with van der Waals surface area (Å²) >= 11 is 0. The van der Waals surface area contributed by atoms with Crippen molar-refractivity contribution in [1.82, 2.24) is 0 Å². The van der Waals surface area contributed by atoms with Crippen molar-refractivity contribution >= 4 is 195 Å². The van der Waals surface area contributed by atoms with E-state index in [0.29, 0.717) is 16.7 Å². The van der Waals surface area contributed by atoms with Gasteiger partial charge in [0.15, 0.2) is 0 Å². The summed E-state index contributed by atoms with van der Waals surface area (Å²) in [6.45, 7) is 0. The zero-order chi connectivity index (χ0) is 154. The molecule has 0 atom stereocenters. The summed E-state index contributed by atoms with van der Waals surface area (Å²) in [5, 5.41) is -10.1. The van der Waals surface area contributed by atoms with Gasteiger partial charge >= 0.3 is 0 Å². The molecule has 0 saturated heterocycles. The van der Waals surface area contributed by atoms with E-state index in [1.54, 1.807) is 12.1 Å². The van der Waals surface area contributed by atoms with Crippen LogP contribution < -0.4 is 0 Å². The molecule has 0 aliphatic carbocycles. The zero-order valence-electron chi connectivity index (χ0n) is 142. The van der Waals surface area contributed by atoms with Gasteiger partial charge in [0.2, 0.25) is 0 Å². The van der Waals surface area contributed by atoms with E-state index in [4.69, 9.17) is 73.6 Å². The Bertz CT molecular complexity index is 14800. The van der Waals surface area contributed by atoms with Gasteiger partial charge in [0.1, 0.15) is 33.5 Å². The molecule has 3 heterocycles. The SMILES string of the molecule is [2H]c1c([2H])c(-c2c([2H])c([2H])c([2H])c3oc4c([2H])c([2H])c5c([2H])c([2H])c([2H])c([2H])c5c4c23)c([2H])c([2H])c1-c1c2c([2H])c([2H])c([2H])c([2H])c2c(-c2c([2H])c([2H])c([2H])c3c([2H])c([2H])c([2H])c([2H])c23)c2c([2H])c([2H])c([2H])c([2H])c12.[2H]c1c([2H])c(-c2c([2H])c([2H])c([2H])c3oc4c([2H])c([2H])c5c([2H])c([2H])c([2H])c([2H])c5c4c23)c([2H])c([2H])c1-c1c2c([2H])c([2H])c([2H])c([2H])c2c(-c2c([2H])c([2H])c3c([2H])c([2H])c([2H])c([2H])c3c2[2H])c2c([2H])c([2H])c([2H])c([2H])c12.[2H]c1c([2H])c([2H])c2c([2H])c(-c3c4c([2H])c([2H])c([2H])c([2H])c4c(-c4ccc(-c5cccc6oc7ccc8ccccc8c7c56)cc4)c4c([2H])c([2H])c([2H])c([2H])c34)c([2H])c([2H])c2c1[2H]. The first kappa shape index (κ1) is 37.2. The summed E-state index contributed by atoms with van der Waals surface area (Å²) in [7, 11) is 0. The van der Waals surface area contributed by atoms with E-state index < -0.39 is 642 Å². The monoisotopic (exact) mass is 1860 g/mol. The third kappa shape index (κ3) is 13.3. The second-order valence-corrected chi connectivity index (χ2v) is 31.8. The van der Waals surface area contributed by atoms with Gasteiger partial charge in [-0.15, -0.1) is 0 Å². The fourth-order valence-corrected chi connectivity index (χ4v) is 18.4. The Morgan fingerprint density at radius 1 is 0.128 bits per heavy atom. The first-order chi connectivity index (χ1) is 99.5. The Morgan fingerprint density at radius 2 is 0.426 bits per heavy atom. The molecule has 30 aromatic rings. The molecule has 0 fully saturated rings. The zero-order valence-corrected chi connectivity index (χ0v) is 71.2. The molecule has 0 saturated carbocycles. The fourth-order valence-electron chi connectivity index (χ4n) is 18.4. The summed E-state index contributed by atoms with van der Waals surface area (Å²) in [5.74, 6) is 0. The summed E-state index contributed by atoms with van der Waals surface area (Å²) < 4.78 is 656. The van der Waals surface area contributed by atoms with Crippen molar-refractivity contribution in [2.75, 3.05) is 0 Å². The molecule has 3 aromatic heterocycles. The first-order valence-electron chi connectivity index (χ1n) is 78.3. The van der Waals surface area contributed by atoms with Crippen LogP contribution in [0.2, 0.25) is 0 Å². The van der Waals surface area contributed by atoms with Crippen LogP contribution >= 0.6 is 0 Å². The lowest BCUT2D eigenvalue weighted by Crippen LogP contribution is -1.91. The average Bonchev–Trinajstić information content (AvgIpc) is 0.834. The average molecular weight is 1860 g/mol. The molecule has 0 aliphatic rings. The van der Waals surface area contributed by atoms with Crippen molar-refractivity contribution in [1.29, 1.82) is 0 Å². The molecular formula is C138H84O3. The van der Waals surface area contributed by atoms with Crippen LogP contribution in [0.5, 0.6) is 0 Å². The highest BCUT2D eigenvalue weighted by molar-refractivity contribution is 6.30. The van der Waals surface area contributed by atoms with Gasteiger partial charge in [0.25, 0.3) is 0 Å². The predicted octanol–water partition coefficient (Wildman–Crippen LogP) is 39.6.